The average Bonchev–Trinajstić information content (AvgIpc) is 2.63. The third kappa shape index (κ3) is 2.99. The van der Waals surface area contributed by atoms with Crippen LogP contribution in [0.5, 0.6) is 0 Å². The Morgan fingerprint density at radius 2 is 2.06 bits per heavy atom. The summed E-state index contributed by atoms with van der Waals surface area (Å²) in [5.41, 5.74) is 4.83. The lowest BCUT2D eigenvalue weighted by Crippen LogP contribution is -2.27. The number of hydrogen-bond acceptors (Lipinski definition) is 0. The topological polar surface area (TPSA) is 0 Å². The van der Waals surface area contributed by atoms with Gasteiger partial charge in [0.1, 0.15) is 0 Å². The highest BCUT2D eigenvalue weighted by atomic mass is 79.9. The summed E-state index contributed by atoms with van der Waals surface area (Å²) in [6, 6.07) is 6.82. The molecule has 18 heavy (non-hydrogen) atoms. The van der Waals surface area contributed by atoms with Crippen LogP contribution in [-0.4, -0.2) is 4.83 Å². The molecule has 0 amide bonds. The summed E-state index contributed by atoms with van der Waals surface area (Å²) >= 11 is 3.98. The lowest BCUT2D eigenvalue weighted by molar-refractivity contribution is 0.255. The minimum absolute atomic E-state index is 0.506. The van der Waals surface area contributed by atoms with Crippen LogP contribution in [0.15, 0.2) is 18.2 Å². The largest absolute Gasteiger partial charge is 0.0884 e. The highest BCUT2D eigenvalue weighted by Crippen LogP contribution is 2.47. The van der Waals surface area contributed by atoms with Crippen LogP contribution in [0.2, 0.25) is 0 Å². The zero-order valence-corrected chi connectivity index (χ0v) is 13.7. The summed E-state index contributed by atoms with van der Waals surface area (Å²) < 4.78 is 0. The van der Waals surface area contributed by atoms with Crippen molar-refractivity contribution in [2.24, 2.45) is 11.3 Å². The van der Waals surface area contributed by atoms with Crippen molar-refractivity contribution in [3.63, 3.8) is 0 Å². The van der Waals surface area contributed by atoms with Gasteiger partial charge < -0.3 is 0 Å². The van der Waals surface area contributed by atoms with E-state index in [4.69, 9.17) is 0 Å². The normalized spacial score (nSPS) is 24.2. The molecule has 100 valence electrons. The van der Waals surface area contributed by atoms with Crippen molar-refractivity contribution in [2.75, 3.05) is 0 Å². The van der Waals surface area contributed by atoms with Crippen LogP contribution in [0, 0.1) is 25.2 Å². The Bertz CT molecular complexity index is 420. The van der Waals surface area contributed by atoms with E-state index in [1.807, 2.05) is 0 Å². The van der Waals surface area contributed by atoms with Gasteiger partial charge in [0.2, 0.25) is 0 Å². The minimum Gasteiger partial charge on any atom is -0.0884 e. The molecule has 1 heteroatoms. The molecule has 2 rings (SSSR count). The molecule has 2 atom stereocenters. The molecule has 1 aromatic rings. The van der Waals surface area contributed by atoms with E-state index in [0.29, 0.717) is 10.2 Å². The number of aryl methyl sites for hydroxylation is 2. The van der Waals surface area contributed by atoms with Gasteiger partial charge in [0, 0.05) is 4.83 Å². The first kappa shape index (κ1) is 14.1. The zero-order chi connectivity index (χ0) is 13.3. The monoisotopic (exact) mass is 308 g/mol. The number of benzene rings is 1. The van der Waals surface area contributed by atoms with Crippen molar-refractivity contribution in [2.45, 2.75) is 58.2 Å². The highest BCUT2D eigenvalue weighted by molar-refractivity contribution is 9.09. The molecule has 1 aliphatic carbocycles. The van der Waals surface area contributed by atoms with Crippen LogP contribution in [0.3, 0.4) is 0 Å². The number of halogens is 1. The molecule has 0 aliphatic heterocycles. The van der Waals surface area contributed by atoms with Crippen molar-refractivity contribution < 1.29 is 0 Å². The summed E-state index contributed by atoms with van der Waals surface area (Å²) in [6.45, 7) is 9.28. The second kappa shape index (κ2) is 5.36. The summed E-state index contributed by atoms with van der Waals surface area (Å²) in [6.07, 6.45) is 5.33. The van der Waals surface area contributed by atoms with Crippen LogP contribution in [-0.2, 0) is 6.42 Å². The second-order valence-corrected chi connectivity index (χ2v) is 7.81. The Kier molecular flexibility index (Phi) is 4.21. The van der Waals surface area contributed by atoms with Crippen LogP contribution in [0.1, 0.15) is 49.8 Å². The first-order valence-corrected chi connectivity index (χ1v) is 8.02. The molecule has 0 aromatic heterocycles. The maximum absolute atomic E-state index is 3.98. The molecule has 1 aliphatic rings. The molecule has 0 saturated heterocycles. The Morgan fingerprint density at radius 3 is 2.67 bits per heavy atom. The van der Waals surface area contributed by atoms with Gasteiger partial charge in [-0.25, -0.2) is 0 Å². The summed E-state index contributed by atoms with van der Waals surface area (Å²) in [4.78, 5) is 0.621. The van der Waals surface area contributed by atoms with Crippen LogP contribution < -0.4 is 0 Å². The van der Waals surface area contributed by atoms with Crippen molar-refractivity contribution in [3.05, 3.63) is 34.9 Å². The molecule has 1 fully saturated rings. The zero-order valence-electron chi connectivity index (χ0n) is 12.1. The molecule has 0 spiro atoms. The van der Waals surface area contributed by atoms with Crippen molar-refractivity contribution >= 4 is 15.9 Å². The van der Waals surface area contributed by atoms with Gasteiger partial charge in [0.05, 0.1) is 0 Å². The van der Waals surface area contributed by atoms with E-state index < -0.39 is 0 Å². The minimum atomic E-state index is 0.506. The third-order valence-electron chi connectivity index (χ3n) is 4.70. The predicted molar refractivity (Wildman–Crippen MR) is 83.5 cm³/mol. The maximum atomic E-state index is 3.98. The average molecular weight is 309 g/mol. The van der Waals surface area contributed by atoms with Crippen molar-refractivity contribution in [3.8, 4) is 0 Å². The van der Waals surface area contributed by atoms with E-state index in [1.54, 1.807) is 0 Å². The number of hydrogen-bond donors (Lipinski definition) is 0. The van der Waals surface area contributed by atoms with E-state index >= 15 is 0 Å². The van der Waals surface area contributed by atoms with Crippen LogP contribution >= 0.6 is 15.9 Å². The molecule has 0 bridgehead atoms. The van der Waals surface area contributed by atoms with Crippen molar-refractivity contribution in [1.29, 1.82) is 0 Å². The first-order chi connectivity index (χ1) is 8.40. The fourth-order valence-corrected chi connectivity index (χ4v) is 4.73. The Hall–Kier alpha value is -0.300. The quantitative estimate of drug-likeness (QED) is 0.653. The van der Waals surface area contributed by atoms with Gasteiger partial charge in [-0.2, -0.15) is 0 Å². The van der Waals surface area contributed by atoms with Gasteiger partial charge in [-0.05, 0) is 55.6 Å². The lowest BCUT2D eigenvalue weighted by atomic mass is 9.78. The highest BCUT2D eigenvalue weighted by Gasteiger charge is 2.38. The van der Waals surface area contributed by atoms with Gasteiger partial charge in [0.15, 0.2) is 0 Å². The van der Waals surface area contributed by atoms with Crippen molar-refractivity contribution in [1.82, 2.24) is 0 Å². The maximum Gasteiger partial charge on any atom is 0.0219 e. The molecule has 1 aromatic carbocycles. The fourth-order valence-electron chi connectivity index (χ4n) is 3.40. The molecule has 1 saturated carbocycles. The van der Waals surface area contributed by atoms with E-state index in [2.05, 4.69) is 61.8 Å². The molecule has 2 unspecified atom stereocenters. The van der Waals surface area contributed by atoms with E-state index in [9.17, 15) is 0 Å². The van der Waals surface area contributed by atoms with E-state index in [1.165, 1.54) is 42.4 Å². The Labute approximate surface area is 120 Å². The Balaban J connectivity index is 2.11. The van der Waals surface area contributed by atoms with Gasteiger partial charge in [-0.3, -0.25) is 0 Å². The third-order valence-corrected chi connectivity index (χ3v) is 5.66. The predicted octanol–water partition coefficient (Wildman–Crippen LogP) is 5.44. The molecule has 0 N–H and O–H groups in total. The summed E-state index contributed by atoms with van der Waals surface area (Å²) in [5, 5.41) is 0. The standard InChI is InChI=1S/C17H25Br/c1-12-7-8-13(2)14(10-12)11-16(18)15-6-5-9-17(15,3)4/h7-8,10,15-16H,5-6,9,11H2,1-4H3. The van der Waals surface area contributed by atoms with Gasteiger partial charge in [-0.1, -0.05) is 60.0 Å². The molecule has 0 radical (unpaired) electrons. The Morgan fingerprint density at radius 1 is 1.33 bits per heavy atom. The second-order valence-electron chi connectivity index (χ2n) is 6.64. The number of alkyl halides is 1. The van der Waals surface area contributed by atoms with Gasteiger partial charge in [-0.15, -0.1) is 0 Å². The van der Waals surface area contributed by atoms with Gasteiger partial charge in [0.25, 0.3) is 0 Å². The molecule has 0 heterocycles. The van der Waals surface area contributed by atoms with E-state index in [0.717, 1.165) is 5.92 Å². The van der Waals surface area contributed by atoms with Gasteiger partial charge >= 0.3 is 0 Å². The van der Waals surface area contributed by atoms with Crippen LogP contribution in [0.25, 0.3) is 0 Å². The van der Waals surface area contributed by atoms with E-state index in [-0.39, 0.29) is 0 Å². The summed E-state index contributed by atoms with van der Waals surface area (Å²) in [5.74, 6) is 0.817. The summed E-state index contributed by atoms with van der Waals surface area (Å²) in [7, 11) is 0. The van der Waals surface area contributed by atoms with Crippen LogP contribution in [0.4, 0.5) is 0 Å². The SMILES string of the molecule is Cc1ccc(C)c(CC(Br)C2CCCC2(C)C)c1. The number of rotatable bonds is 3. The molecular formula is C17H25Br. The first-order valence-electron chi connectivity index (χ1n) is 7.10. The smallest absolute Gasteiger partial charge is 0.0219 e. The fraction of sp³-hybridized carbons (Fsp3) is 0.647. The lowest BCUT2D eigenvalue weighted by Gasteiger charge is -2.31. The molecule has 0 nitrogen and oxygen atoms in total. The molecular weight excluding hydrogens is 284 g/mol.